The Kier molecular flexibility index (Phi) is 4.97. The van der Waals surface area contributed by atoms with E-state index in [4.69, 9.17) is 0 Å². The van der Waals surface area contributed by atoms with E-state index in [1.807, 2.05) is 6.07 Å². The molecule has 1 aromatic heterocycles. The average Bonchev–Trinajstić information content (AvgIpc) is 3.05. The van der Waals surface area contributed by atoms with Gasteiger partial charge in [-0.25, -0.2) is 4.79 Å². The summed E-state index contributed by atoms with van der Waals surface area (Å²) < 4.78 is 0. The third-order valence-corrected chi connectivity index (χ3v) is 5.02. The minimum absolute atomic E-state index is 0.106. The molecule has 1 aliphatic carbocycles. The Labute approximate surface area is 161 Å². The van der Waals surface area contributed by atoms with Gasteiger partial charge in [-0.15, -0.1) is 0 Å². The lowest BCUT2D eigenvalue weighted by atomic mass is 9.90. The smallest absolute Gasteiger partial charge is 0.323 e. The summed E-state index contributed by atoms with van der Waals surface area (Å²) in [5.74, 6) is -0.507. The predicted molar refractivity (Wildman–Crippen MR) is 107 cm³/mol. The van der Waals surface area contributed by atoms with Gasteiger partial charge in [0.05, 0.1) is 24.0 Å². The number of anilines is 1. The fourth-order valence-corrected chi connectivity index (χ4v) is 3.64. The molecule has 7 heteroatoms. The quantitative estimate of drug-likeness (QED) is 0.546. The van der Waals surface area contributed by atoms with E-state index in [-0.39, 0.29) is 30.5 Å². The van der Waals surface area contributed by atoms with E-state index in [1.165, 1.54) is 24.0 Å². The normalized spacial score (nSPS) is 13.1. The largest absolute Gasteiger partial charge is 0.347 e. The molecule has 4 N–H and O–H groups in total. The van der Waals surface area contributed by atoms with Crippen molar-refractivity contribution in [2.75, 3.05) is 11.9 Å². The van der Waals surface area contributed by atoms with Gasteiger partial charge >= 0.3 is 5.69 Å². The highest BCUT2D eigenvalue weighted by Gasteiger charge is 2.12. The Morgan fingerprint density at radius 1 is 0.893 bits per heavy atom. The van der Waals surface area contributed by atoms with E-state index in [1.54, 1.807) is 18.2 Å². The molecule has 0 unspecified atom stereocenters. The number of carbonyl (C=O) groups excluding carboxylic acids is 2. The molecule has 28 heavy (non-hydrogen) atoms. The number of benzene rings is 2. The fraction of sp³-hybridized carbons (Fsp3) is 0.286. The molecule has 0 aliphatic heterocycles. The van der Waals surface area contributed by atoms with Crippen LogP contribution in [0.1, 0.15) is 29.5 Å². The van der Waals surface area contributed by atoms with Crippen molar-refractivity contribution in [1.82, 2.24) is 15.3 Å². The number of nitrogens with one attached hydrogen (secondary N) is 4. The van der Waals surface area contributed by atoms with Crippen LogP contribution in [0.2, 0.25) is 0 Å². The molecule has 4 rings (SSSR count). The lowest BCUT2D eigenvalue weighted by molar-refractivity contribution is -0.123. The Morgan fingerprint density at radius 3 is 2.54 bits per heavy atom. The third-order valence-electron chi connectivity index (χ3n) is 5.02. The van der Waals surface area contributed by atoms with E-state index in [0.29, 0.717) is 16.7 Å². The van der Waals surface area contributed by atoms with Gasteiger partial charge in [-0.2, -0.15) is 0 Å². The highest BCUT2D eigenvalue weighted by molar-refractivity contribution is 5.96. The van der Waals surface area contributed by atoms with Gasteiger partial charge in [0.2, 0.25) is 11.8 Å². The summed E-state index contributed by atoms with van der Waals surface area (Å²) >= 11 is 0. The number of carbonyl (C=O) groups is 2. The lowest BCUT2D eigenvalue weighted by Gasteiger charge is -2.16. The Hall–Kier alpha value is -3.35. The highest BCUT2D eigenvalue weighted by atomic mass is 16.2. The van der Waals surface area contributed by atoms with Crippen molar-refractivity contribution in [3.8, 4) is 0 Å². The van der Waals surface area contributed by atoms with E-state index in [2.05, 4.69) is 32.7 Å². The third kappa shape index (κ3) is 4.14. The molecule has 0 spiro atoms. The number of hydrogen-bond acceptors (Lipinski definition) is 3. The standard InChI is InChI=1S/C21H22N4O3/c26-19(10-13-5-6-14-3-1-2-4-15(14)9-13)22-12-20(27)23-16-7-8-17-18(11-16)25-21(28)24-17/h5-9,11H,1-4,10,12H2,(H,22,26)(H,23,27)(H2,24,25,28). The van der Waals surface area contributed by atoms with Crippen molar-refractivity contribution < 1.29 is 9.59 Å². The first-order chi connectivity index (χ1) is 13.6. The zero-order valence-electron chi connectivity index (χ0n) is 15.4. The molecule has 3 aromatic rings. The first-order valence-corrected chi connectivity index (χ1v) is 9.46. The van der Waals surface area contributed by atoms with Crippen molar-refractivity contribution in [3.63, 3.8) is 0 Å². The van der Waals surface area contributed by atoms with Crippen molar-refractivity contribution in [2.45, 2.75) is 32.1 Å². The van der Waals surface area contributed by atoms with Crippen LogP contribution < -0.4 is 16.3 Å². The second-order valence-electron chi connectivity index (χ2n) is 7.15. The molecule has 0 atom stereocenters. The van der Waals surface area contributed by atoms with Gasteiger partial charge in [0.15, 0.2) is 0 Å². The summed E-state index contributed by atoms with van der Waals surface area (Å²) in [4.78, 5) is 40.8. The van der Waals surface area contributed by atoms with Gasteiger partial charge in [-0.05, 0) is 60.6 Å². The first kappa shape index (κ1) is 18.0. The molecule has 0 saturated carbocycles. The fourth-order valence-electron chi connectivity index (χ4n) is 3.64. The van der Waals surface area contributed by atoms with Gasteiger partial charge in [-0.3, -0.25) is 9.59 Å². The number of hydrogen-bond donors (Lipinski definition) is 4. The van der Waals surface area contributed by atoms with Gasteiger partial charge in [0.1, 0.15) is 0 Å². The number of imidazole rings is 1. The number of rotatable bonds is 5. The number of amides is 2. The number of aryl methyl sites for hydroxylation is 2. The molecule has 144 valence electrons. The van der Waals surface area contributed by atoms with Crippen LogP contribution in [0.15, 0.2) is 41.2 Å². The second-order valence-corrected chi connectivity index (χ2v) is 7.15. The molecule has 1 heterocycles. The number of aromatic nitrogens is 2. The summed E-state index contributed by atoms with van der Waals surface area (Å²) in [5, 5.41) is 5.37. The average molecular weight is 378 g/mol. The molecule has 0 bridgehead atoms. The number of aromatic amines is 2. The van der Waals surface area contributed by atoms with E-state index in [9.17, 15) is 14.4 Å². The van der Waals surface area contributed by atoms with Gasteiger partial charge < -0.3 is 20.6 Å². The van der Waals surface area contributed by atoms with Crippen molar-refractivity contribution in [1.29, 1.82) is 0 Å². The monoisotopic (exact) mass is 378 g/mol. The van der Waals surface area contributed by atoms with Crippen LogP contribution in [0.3, 0.4) is 0 Å². The zero-order chi connectivity index (χ0) is 19.5. The van der Waals surface area contributed by atoms with Crippen LogP contribution >= 0.6 is 0 Å². The topological polar surface area (TPSA) is 107 Å². The predicted octanol–water partition coefficient (Wildman–Crippen LogP) is 2.03. The molecule has 2 aromatic carbocycles. The van der Waals surface area contributed by atoms with Crippen molar-refractivity contribution >= 4 is 28.5 Å². The van der Waals surface area contributed by atoms with Crippen LogP contribution in [-0.4, -0.2) is 28.3 Å². The second kappa shape index (κ2) is 7.72. The first-order valence-electron chi connectivity index (χ1n) is 9.46. The summed E-state index contributed by atoms with van der Waals surface area (Å²) in [6.07, 6.45) is 4.88. The van der Waals surface area contributed by atoms with E-state index < -0.39 is 0 Å². The maximum Gasteiger partial charge on any atom is 0.323 e. The van der Waals surface area contributed by atoms with Crippen molar-refractivity contribution in [2.24, 2.45) is 0 Å². The Bertz CT molecular complexity index is 1100. The molecule has 0 radical (unpaired) electrons. The minimum atomic E-state index is -0.323. The summed E-state index contributed by atoms with van der Waals surface area (Å²) in [5.41, 5.74) is 5.23. The van der Waals surface area contributed by atoms with Gasteiger partial charge in [-0.1, -0.05) is 18.2 Å². The molecule has 0 saturated heterocycles. The van der Waals surface area contributed by atoms with Crippen LogP contribution in [-0.2, 0) is 28.9 Å². The maximum absolute atomic E-state index is 12.2. The SMILES string of the molecule is O=C(Cc1ccc2c(c1)CCCC2)NCC(=O)Nc1ccc2[nH]c(=O)[nH]c2c1. The van der Waals surface area contributed by atoms with Crippen LogP contribution in [0, 0.1) is 0 Å². The summed E-state index contributed by atoms with van der Waals surface area (Å²) in [6, 6.07) is 11.3. The molecular weight excluding hydrogens is 356 g/mol. The lowest BCUT2D eigenvalue weighted by Crippen LogP contribution is -2.33. The maximum atomic E-state index is 12.2. The molecule has 7 nitrogen and oxygen atoms in total. The zero-order valence-corrected chi connectivity index (χ0v) is 15.4. The minimum Gasteiger partial charge on any atom is -0.347 e. The molecule has 0 fully saturated rings. The Balaban J connectivity index is 1.30. The molecular formula is C21H22N4O3. The van der Waals surface area contributed by atoms with Crippen LogP contribution in [0.4, 0.5) is 5.69 Å². The summed E-state index contributed by atoms with van der Waals surface area (Å²) in [7, 11) is 0. The van der Waals surface area contributed by atoms with Crippen LogP contribution in [0.5, 0.6) is 0 Å². The summed E-state index contributed by atoms with van der Waals surface area (Å²) in [6.45, 7) is -0.106. The van der Waals surface area contributed by atoms with Gasteiger partial charge in [0, 0.05) is 5.69 Å². The number of H-pyrrole nitrogens is 2. The number of fused-ring (bicyclic) bond motifs is 2. The Morgan fingerprint density at radius 2 is 1.68 bits per heavy atom. The van der Waals surface area contributed by atoms with Crippen LogP contribution in [0.25, 0.3) is 11.0 Å². The molecule has 1 aliphatic rings. The van der Waals surface area contributed by atoms with Crippen molar-refractivity contribution in [3.05, 3.63) is 63.6 Å². The molecule has 2 amide bonds. The van der Waals surface area contributed by atoms with E-state index >= 15 is 0 Å². The van der Waals surface area contributed by atoms with Gasteiger partial charge in [0.25, 0.3) is 0 Å². The highest BCUT2D eigenvalue weighted by Crippen LogP contribution is 2.22. The van der Waals surface area contributed by atoms with E-state index in [0.717, 1.165) is 18.4 Å².